The molecule has 0 fully saturated rings. The number of hydrogen-bond donors (Lipinski definition) is 5. The molecule has 21 heavy (non-hydrogen) atoms. The second-order valence-electron chi connectivity index (χ2n) is 4.85. The maximum absolute atomic E-state index is 5.64. The third-order valence-electron chi connectivity index (χ3n) is 3.08. The van der Waals surface area contributed by atoms with E-state index in [9.17, 15) is 0 Å². The van der Waals surface area contributed by atoms with Crippen LogP contribution in [0, 0.1) is 0 Å². The molecule has 0 radical (unpaired) electrons. The van der Waals surface area contributed by atoms with Gasteiger partial charge in [0.1, 0.15) is 0 Å². The Hall–Kier alpha value is -2.40. The van der Waals surface area contributed by atoms with Crippen LogP contribution in [0.15, 0.2) is 48.5 Å². The van der Waals surface area contributed by atoms with Crippen molar-refractivity contribution in [2.75, 3.05) is 48.3 Å². The normalized spacial score (nSPS) is 10.3. The number of nitrogen functional groups attached to an aromatic ring is 2. The third kappa shape index (κ3) is 5.62. The summed E-state index contributed by atoms with van der Waals surface area (Å²) in [7, 11) is 0. The second-order valence-corrected chi connectivity index (χ2v) is 4.85. The highest BCUT2D eigenvalue weighted by Gasteiger charge is 1.93. The number of nitrogens with one attached hydrogen (secondary N) is 3. The summed E-state index contributed by atoms with van der Waals surface area (Å²) in [5, 5.41) is 10.0. The quantitative estimate of drug-likeness (QED) is 0.378. The van der Waals surface area contributed by atoms with Gasteiger partial charge in [0.25, 0.3) is 0 Å². The van der Waals surface area contributed by atoms with Crippen molar-refractivity contribution in [2.24, 2.45) is 0 Å². The number of rotatable bonds is 8. The van der Waals surface area contributed by atoms with Gasteiger partial charge in [-0.05, 0) is 48.5 Å². The summed E-state index contributed by atoms with van der Waals surface area (Å²) in [5.41, 5.74) is 15.0. The summed E-state index contributed by atoms with van der Waals surface area (Å²) in [6.45, 7) is 3.58. The summed E-state index contributed by atoms with van der Waals surface area (Å²) in [5.74, 6) is 0. The molecule has 0 bridgehead atoms. The largest absolute Gasteiger partial charge is 0.399 e. The monoisotopic (exact) mass is 285 g/mol. The van der Waals surface area contributed by atoms with Crippen LogP contribution in [0.5, 0.6) is 0 Å². The summed E-state index contributed by atoms with van der Waals surface area (Å²) in [4.78, 5) is 0. The molecule has 0 atom stereocenters. The number of benzene rings is 2. The van der Waals surface area contributed by atoms with E-state index in [2.05, 4.69) is 16.0 Å². The minimum Gasteiger partial charge on any atom is -0.399 e. The van der Waals surface area contributed by atoms with Crippen LogP contribution in [0.25, 0.3) is 0 Å². The second kappa shape index (κ2) is 8.01. The zero-order valence-electron chi connectivity index (χ0n) is 12.1. The van der Waals surface area contributed by atoms with Crippen LogP contribution in [0.3, 0.4) is 0 Å². The van der Waals surface area contributed by atoms with E-state index in [-0.39, 0.29) is 0 Å². The van der Waals surface area contributed by atoms with Crippen molar-refractivity contribution in [3.8, 4) is 0 Å². The first-order valence-corrected chi connectivity index (χ1v) is 7.13. The highest BCUT2D eigenvalue weighted by Crippen LogP contribution is 2.10. The molecule has 5 heteroatoms. The molecule has 0 aliphatic heterocycles. The summed E-state index contributed by atoms with van der Waals surface area (Å²) < 4.78 is 0. The van der Waals surface area contributed by atoms with Crippen LogP contribution >= 0.6 is 0 Å². The Morgan fingerprint density at radius 2 is 0.952 bits per heavy atom. The molecule has 0 heterocycles. The van der Waals surface area contributed by atoms with E-state index in [4.69, 9.17) is 11.5 Å². The Labute approximate surface area is 125 Å². The van der Waals surface area contributed by atoms with E-state index in [0.717, 1.165) is 48.9 Å². The van der Waals surface area contributed by atoms with Crippen LogP contribution in [0.1, 0.15) is 0 Å². The molecule has 2 rings (SSSR count). The minimum atomic E-state index is 0.785. The number of hydrogen-bond acceptors (Lipinski definition) is 5. The Morgan fingerprint density at radius 1 is 0.571 bits per heavy atom. The fraction of sp³-hybridized carbons (Fsp3) is 0.250. The SMILES string of the molecule is Nc1ccc(NCCNCCNc2ccc(N)cc2)cc1. The van der Waals surface area contributed by atoms with Gasteiger partial charge >= 0.3 is 0 Å². The fourth-order valence-corrected chi connectivity index (χ4v) is 1.92. The standard InChI is InChI=1S/C16H23N5/c17-13-1-5-15(6-2-13)20-11-9-19-10-12-21-16-7-3-14(18)4-8-16/h1-8,19-21H,9-12,17-18H2. The molecule has 0 amide bonds. The highest BCUT2D eigenvalue weighted by molar-refractivity contribution is 5.51. The van der Waals surface area contributed by atoms with Gasteiger partial charge in [-0.1, -0.05) is 0 Å². The average molecular weight is 285 g/mol. The van der Waals surface area contributed by atoms with Crippen LogP contribution < -0.4 is 27.4 Å². The van der Waals surface area contributed by atoms with Crippen LogP contribution in [0.2, 0.25) is 0 Å². The summed E-state index contributed by atoms with van der Waals surface area (Å²) in [6.07, 6.45) is 0. The molecule has 0 saturated carbocycles. The lowest BCUT2D eigenvalue weighted by Gasteiger charge is -2.09. The summed E-state index contributed by atoms with van der Waals surface area (Å²) >= 11 is 0. The van der Waals surface area contributed by atoms with Crippen LogP contribution in [-0.4, -0.2) is 26.2 Å². The molecular formula is C16H23N5. The number of anilines is 4. The maximum Gasteiger partial charge on any atom is 0.0342 e. The zero-order chi connectivity index (χ0) is 14.9. The van der Waals surface area contributed by atoms with Gasteiger partial charge in [-0.2, -0.15) is 0 Å². The van der Waals surface area contributed by atoms with E-state index in [1.165, 1.54) is 0 Å². The van der Waals surface area contributed by atoms with Crippen molar-refractivity contribution in [1.82, 2.24) is 5.32 Å². The highest BCUT2D eigenvalue weighted by atomic mass is 15.0. The van der Waals surface area contributed by atoms with Gasteiger partial charge in [-0.25, -0.2) is 0 Å². The van der Waals surface area contributed by atoms with Gasteiger partial charge in [0.05, 0.1) is 0 Å². The summed E-state index contributed by atoms with van der Waals surface area (Å²) in [6, 6.07) is 15.5. The van der Waals surface area contributed by atoms with Gasteiger partial charge in [0.2, 0.25) is 0 Å². The van der Waals surface area contributed by atoms with Crippen LogP contribution in [0.4, 0.5) is 22.7 Å². The topological polar surface area (TPSA) is 88.1 Å². The van der Waals surface area contributed by atoms with Gasteiger partial charge in [-0.15, -0.1) is 0 Å². The van der Waals surface area contributed by atoms with Crippen molar-refractivity contribution in [3.63, 3.8) is 0 Å². The molecule has 0 saturated heterocycles. The Morgan fingerprint density at radius 3 is 1.33 bits per heavy atom. The molecule has 0 aliphatic rings. The molecular weight excluding hydrogens is 262 g/mol. The number of nitrogens with two attached hydrogens (primary N) is 2. The van der Waals surface area contributed by atoms with E-state index < -0.39 is 0 Å². The van der Waals surface area contributed by atoms with Gasteiger partial charge < -0.3 is 27.4 Å². The smallest absolute Gasteiger partial charge is 0.0342 e. The first kappa shape index (κ1) is 15.0. The molecule has 0 spiro atoms. The maximum atomic E-state index is 5.64. The predicted octanol–water partition coefficient (Wildman–Crippen LogP) is 1.96. The lowest BCUT2D eigenvalue weighted by Crippen LogP contribution is -2.27. The van der Waals surface area contributed by atoms with Crippen LogP contribution in [-0.2, 0) is 0 Å². The van der Waals surface area contributed by atoms with Gasteiger partial charge in [-0.3, -0.25) is 0 Å². The van der Waals surface area contributed by atoms with E-state index in [1.54, 1.807) is 0 Å². The van der Waals surface area contributed by atoms with Crippen molar-refractivity contribution in [3.05, 3.63) is 48.5 Å². The lowest BCUT2D eigenvalue weighted by atomic mass is 10.3. The molecule has 7 N–H and O–H groups in total. The van der Waals surface area contributed by atoms with E-state index >= 15 is 0 Å². The molecule has 2 aromatic carbocycles. The zero-order valence-corrected chi connectivity index (χ0v) is 12.1. The van der Waals surface area contributed by atoms with Crippen molar-refractivity contribution >= 4 is 22.7 Å². The molecule has 0 aliphatic carbocycles. The first-order valence-electron chi connectivity index (χ1n) is 7.13. The van der Waals surface area contributed by atoms with Gasteiger partial charge in [0.15, 0.2) is 0 Å². The minimum absolute atomic E-state index is 0.785. The van der Waals surface area contributed by atoms with Crippen molar-refractivity contribution in [1.29, 1.82) is 0 Å². The first-order chi connectivity index (χ1) is 10.2. The van der Waals surface area contributed by atoms with E-state index in [0.29, 0.717) is 0 Å². The van der Waals surface area contributed by atoms with Crippen molar-refractivity contribution < 1.29 is 0 Å². The molecule has 2 aromatic rings. The average Bonchev–Trinajstić information content (AvgIpc) is 2.50. The Balaban J connectivity index is 1.52. The van der Waals surface area contributed by atoms with Gasteiger partial charge in [0, 0.05) is 48.9 Å². The molecule has 5 nitrogen and oxygen atoms in total. The molecule has 0 unspecified atom stereocenters. The Kier molecular flexibility index (Phi) is 5.72. The fourth-order valence-electron chi connectivity index (χ4n) is 1.92. The predicted molar refractivity (Wildman–Crippen MR) is 91.6 cm³/mol. The molecule has 0 aromatic heterocycles. The molecule has 112 valence electrons. The van der Waals surface area contributed by atoms with E-state index in [1.807, 2.05) is 48.5 Å². The lowest BCUT2D eigenvalue weighted by molar-refractivity contribution is 0.719. The third-order valence-corrected chi connectivity index (χ3v) is 3.08. The Bertz CT molecular complexity index is 472. The van der Waals surface area contributed by atoms with Crippen molar-refractivity contribution in [2.45, 2.75) is 0 Å².